The molecule has 33 heavy (non-hydrogen) atoms. The number of rotatable bonds is 4. The van der Waals surface area contributed by atoms with Gasteiger partial charge in [0.1, 0.15) is 17.6 Å². The van der Waals surface area contributed by atoms with Gasteiger partial charge in [-0.1, -0.05) is 42.1 Å². The molecule has 0 fully saturated rings. The summed E-state index contributed by atoms with van der Waals surface area (Å²) in [5.41, 5.74) is 1.30. The van der Waals surface area contributed by atoms with Crippen LogP contribution >= 0.6 is 23.5 Å². The summed E-state index contributed by atoms with van der Waals surface area (Å²) < 4.78 is 11.4. The van der Waals surface area contributed by atoms with Crippen molar-refractivity contribution in [3.05, 3.63) is 81.7 Å². The van der Waals surface area contributed by atoms with Crippen molar-refractivity contribution < 1.29 is 13.9 Å². The number of methoxy groups -OCH3 is 1. The summed E-state index contributed by atoms with van der Waals surface area (Å²) in [7, 11) is 1.51. The van der Waals surface area contributed by atoms with Crippen molar-refractivity contribution in [3.8, 4) is 5.75 Å². The average Bonchev–Trinajstić information content (AvgIpc) is 3.25. The summed E-state index contributed by atoms with van der Waals surface area (Å²) in [6.45, 7) is 0. The lowest BCUT2D eigenvalue weighted by atomic mass is 10.1. The SMILES string of the molecule is COc1ccc2occ(C=C3C(=N)N4N=C(SCc5ccccc5)SC4=NC3=O)c(=O)c2c1. The zero-order valence-corrected chi connectivity index (χ0v) is 18.9. The topological polar surface area (TPSA) is 108 Å². The molecule has 2 aliphatic heterocycles. The van der Waals surface area contributed by atoms with E-state index in [2.05, 4.69) is 10.1 Å². The molecule has 164 valence electrons. The van der Waals surface area contributed by atoms with Gasteiger partial charge in [-0.2, -0.15) is 10.0 Å². The molecule has 1 N–H and O–H groups in total. The Morgan fingerprint density at radius 3 is 2.82 bits per heavy atom. The van der Waals surface area contributed by atoms with Crippen LogP contribution in [0, 0.1) is 5.41 Å². The molecule has 2 aromatic carbocycles. The van der Waals surface area contributed by atoms with E-state index in [1.807, 2.05) is 30.3 Å². The van der Waals surface area contributed by atoms with E-state index >= 15 is 0 Å². The minimum absolute atomic E-state index is 0.0352. The third-order valence-corrected chi connectivity index (χ3v) is 7.06. The van der Waals surface area contributed by atoms with Gasteiger partial charge in [-0.3, -0.25) is 15.0 Å². The molecule has 0 spiro atoms. The number of nitrogens with one attached hydrogen (secondary N) is 1. The van der Waals surface area contributed by atoms with Gasteiger partial charge in [-0.25, -0.2) is 0 Å². The molecule has 3 heterocycles. The Morgan fingerprint density at radius 1 is 1.21 bits per heavy atom. The van der Waals surface area contributed by atoms with Gasteiger partial charge >= 0.3 is 0 Å². The van der Waals surface area contributed by atoms with E-state index in [1.165, 1.54) is 48.0 Å². The molecule has 10 heteroatoms. The maximum atomic E-state index is 13.0. The van der Waals surface area contributed by atoms with Crippen LogP contribution in [0.25, 0.3) is 17.0 Å². The van der Waals surface area contributed by atoms with Crippen LogP contribution in [0.3, 0.4) is 0 Å². The Labute approximate surface area is 196 Å². The largest absolute Gasteiger partial charge is 0.497 e. The molecule has 0 aliphatic carbocycles. The molecule has 8 nitrogen and oxygen atoms in total. The molecule has 0 saturated heterocycles. The minimum atomic E-state index is -0.603. The number of benzene rings is 2. The Balaban J connectivity index is 1.43. The molecule has 0 saturated carbocycles. The highest BCUT2D eigenvalue weighted by molar-refractivity contribution is 8.45. The number of carbonyl (C=O) groups is 1. The van der Waals surface area contributed by atoms with E-state index in [0.29, 0.717) is 32.0 Å². The van der Waals surface area contributed by atoms with Crippen LogP contribution in [0.4, 0.5) is 0 Å². The Hall–Kier alpha value is -3.63. The molecule has 0 unspecified atom stereocenters. The summed E-state index contributed by atoms with van der Waals surface area (Å²) in [6.07, 6.45) is 2.60. The van der Waals surface area contributed by atoms with Crippen molar-refractivity contribution >= 4 is 61.9 Å². The number of amides is 1. The fourth-order valence-corrected chi connectivity index (χ4v) is 5.14. The van der Waals surface area contributed by atoms with Crippen LogP contribution < -0.4 is 10.2 Å². The second kappa shape index (κ2) is 8.72. The molecule has 0 radical (unpaired) electrons. The first-order chi connectivity index (χ1) is 16.0. The summed E-state index contributed by atoms with van der Waals surface area (Å²) in [6, 6.07) is 14.8. The van der Waals surface area contributed by atoms with Gasteiger partial charge in [0.05, 0.1) is 23.6 Å². The number of fused-ring (bicyclic) bond motifs is 2. The highest BCUT2D eigenvalue weighted by atomic mass is 32.2. The lowest BCUT2D eigenvalue weighted by Gasteiger charge is -2.19. The minimum Gasteiger partial charge on any atom is -0.497 e. The molecule has 0 bridgehead atoms. The van der Waals surface area contributed by atoms with Crippen LogP contribution in [0.2, 0.25) is 0 Å². The third kappa shape index (κ3) is 4.10. The predicted octanol–water partition coefficient (Wildman–Crippen LogP) is 4.31. The Bertz CT molecular complexity index is 1440. The van der Waals surface area contributed by atoms with Crippen molar-refractivity contribution in [1.29, 1.82) is 5.41 Å². The maximum absolute atomic E-state index is 13.0. The van der Waals surface area contributed by atoms with E-state index in [0.717, 1.165) is 5.56 Å². The molecule has 3 aromatic rings. The monoisotopic (exact) mass is 476 g/mol. The quantitative estimate of drug-likeness (QED) is 0.559. The zero-order chi connectivity index (χ0) is 22.9. The second-order valence-electron chi connectivity index (χ2n) is 7.04. The van der Waals surface area contributed by atoms with Gasteiger partial charge in [-0.05, 0) is 41.6 Å². The molecule has 2 aliphatic rings. The van der Waals surface area contributed by atoms with E-state index in [9.17, 15) is 9.59 Å². The van der Waals surface area contributed by atoms with E-state index in [-0.39, 0.29) is 22.4 Å². The summed E-state index contributed by atoms with van der Waals surface area (Å²) in [4.78, 5) is 29.7. The van der Waals surface area contributed by atoms with Crippen molar-refractivity contribution in [2.75, 3.05) is 7.11 Å². The first-order valence-electron chi connectivity index (χ1n) is 9.80. The number of amidine groups is 2. The first-order valence-corrected chi connectivity index (χ1v) is 11.6. The smallest absolute Gasteiger partial charge is 0.283 e. The van der Waals surface area contributed by atoms with Crippen molar-refractivity contribution in [2.24, 2.45) is 10.1 Å². The van der Waals surface area contributed by atoms with Gasteiger partial charge in [0.15, 0.2) is 15.6 Å². The normalized spacial score (nSPS) is 16.8. The van der Waals surface area contributed by atoms with E-state index in [1.54, 1.807) is 18.2 Å². The fraction of sp³-hybridized carbons (Fsp3) is 0.0870. The highest BCUT2D eigenvalue weighted by Crippen LogP contribution is 2.33. The number of hydrogen-bond donors (Lipinski definition) is 1. The predicted molar refractivity (Wildman–Crippen MR) is 132 cm³/mol. The van der Waals surface area contributed by atoms with E-state index < -0.39 is 5.91 Å². The Morgan fingerprint density at radius 2 is 2.03 bits per heavy atom. The molecule has 0 atom stereocenters. The molecule has 1 amide bonds. The number of thioether (sulfide) groups is 2. The van der Waals surface area contributed by atoms with Crippen LogP contribution in [0.5, 0.6) is 5.75 Å². The zero-order valence-electron chi connectivity index (χ0n) is 17.3. The highest BCUT2D eigenvalue weighted by Gasteiger charge is 2.36. The van der Waals surface area contributed by atoms with E-state index in [4.69, 9.17) is 14.6 Å². The molecular weight excluding hydrogens is 460 g/mol. The third-order valence-electron chi connectivity index (χ3n) is 4.95. The number of hydrogen-bond acceptors (Lipinski definition) is 8. The number of aliphatic imine (C=N–C) groups is 1. The number of hydrazone groups is 1. The van der Waals surface area contributed by atoms with Gasteiger partial charge < -0.3 is 9.15 Å². The Kier molecular flexibility index (Phi) is 5.61. The average molecular weight is 477 g/mol. The van der Waals surface area contributed by atoms with Crippen LogP contribution in [-0.2, 0) is 10.5 Å². The lowest BCUT2D eigenvalue weighted by molar-refractivity contribution is -0.114. The van der Waals surface area contributed by atoms with Gasteiger partial charge in [0, 0.05) is 5.75 Å². The first kappa shape index (κ1) is 21.2. The number of ether oxygens (including phenoxy) is 1. The maximum Gasteiger partial charge on any atom is 0.283 e. The molecule has 1 aromatic heterocycles. The summed E-state index contributed by atoms with van der Waals surface area (Å²) in [5.74, 6) is 0.477. The van der Waals surface area contributed by atoms with Crippen LogP contribution in [0.1, 0.15) is 11.1 Å². The molecular formula is C23H16N4O4S2. The summed E-state index contributed by atoms with van der Waals surface area (Å²) >= 11 is 2.75. The fourth-order valence-electron chi connectivity index (χ4n) is 3.26. The van der Waals surface area contributed by atoms with Crippen molar-refractivity contribution in [3.63, 3.8) is 0 Å². The number of nitrogens with zero attached hydrogens (tertiary/aromatic N) is 3. The van der Waals surface area contributed by atoms with Gasteiger partial charge in [0.25, 0.3) is 5.91 Å². The number of carbonyl (C=O) groups excluding carboxylic acids is 1. The van der Waals surface area contributed by atoms with Crippen LogP contribution in [0.15, 0.2) is 79.7 Å². The molecule has 5 rings (SSSR count). The van der Waals surface area contributed by atoms with Crippen LogP contribution in [-0.4, -0.2) is 33.4 Å². The van der Waals surface area contributed by atoms with Crippen molar-refractivity contribution in [1.82, 2.24) is 5.01 Å². The summed E-state index contributed by atoms with van der Waals surface area (Å²) in [5, 5.41) is 14.9. The van der Waals surface area contributed by atoms with Gasteiger partial charge in [-0.15, -0.1) is 5.10 Å². The van der Waals surface area contributed by atoms with Crippen molar-refractivity contribution in [2.45, 2.75) is 5.75 Å². The second-order valence-corrected chi connectivity index (χ2v) is 9.22. The van der Waals surface area contributed by atoms with Gasteiger partial charge in [0.2, 0.25) is 5.17 Å². The lowest BCUT2D eigenvalue weighted by Crippen LogP contribution is -2.35. The standard InChI is InChI=1S/C23H16N4O4S2/c1-30-15-7-8-18-16(10-15)19(28)14(11-31-18)9-17-20(24)27-22(25-21(17)29)33-23(26-27)32-12-13-5-3-2-4-6-13/h2-11,24H,12H2,1H3.